The molecule has 7 heteroatoms. The molecule has 1 heterocycles. The van der Waals surface area contributed by atoms with Crippen molar-refractivity contribution in [3.63, 3.8) is 0 Å². The molecule has 1 aliphatic rings. The second-order valence-corrected chi connectivity index (χ2v) is 9.07. The van der Waals surface area contributed by atoms with E-state index in [1.807, 2.05) is 25.9 Å². The number of aliphatic hydroxyl groups is 1. The summed E-state index contributed by atoms with van der Waals surface area (Å²) in [4.78, 5) is 29.4. The lowest BCUT2D eigenvalue weighted by Gasteiger charge is -2.26. The number of hydrogen-bond donors (Lipinski definition) is 2. The number of aromatic hydroxyl groups is 1. The molecule has 1 fully saturated rings. The van der Waals surface area contributed by atoms with E-state index in [0.29, 0.717) is 42.5 Å². The quantitative estimate of drug-likeness (QED) is 0.360. The first-order valence-corrected chi connectivity index (χ1v) is 11.1. The van der Waals surface area contributed by atoms with Crippen molar-refractivity contribution in [2.75, 3.05) is 33.8 Å². The van der Waals surface area contributed by atoms with E-state index in [4.69, 9.17) is 4.74 Å². The molecule has 0 unspecified atom stereocenters. The van der Waals surface area contributed by atoms with Crippen LogP contribution in [0.25, 0.3) is 5.76 Å². The number of phenolic OH excluding ortho intramolecular Hbond substituents is 1. The fourth-order valence-corrected chi connectivity index (χ4v) is 3.79. The largest absolute Gasteiger partial charge is 0.508 e. The summed E-state index contributed by atoms with van der Waals surface area (Å²) in [5, 5.41) is 20.9. The van der Waals surface area contributed by atoms with Gasteiger partial charge in [-0.15, -0.1) is 0 Å². The third kappa shape index (κ3) is 5.37. The molecule has 2 N–H and O–H groups in total. The molecular weight excluding hydrogens is 420 g/mol. The van der Waals surface area contributed by atoms with Crippen molar-refractivity contribution in [1.29, 1.82) is 0 Å². The fraction of sp³-hybridized carbons (Fsp3) is 0.385. The summed E-state index contributed by atoms with van der Waals surface area (Å²) in [5.41, 5.74) is 1.95. The second-order valence-electron chi connectivity index (χ2n) is 9.07. The van der Waals surface area contributed by atoms with Gasteiger partial charge in [-0.05, 0) is 68.4 Å². The van der Waals surface area contributed by atoms with Gasteiger partial charge in [0.15, 0.2) is 0 Å². The van der Waals surface area contributed by atoms with E-state index in [2.05, 4.69) is 13.8 Å². The number of phenols is 1. The zero-order valence-corrected chi connectivity index (χ0v) is 19.8. The number of ether oxygens (including phenoxy) is 1. The lowest BCUT2D eigenvalue weighted by atomic mass is 9.94. The van der Waals surface area contributed by atoms with Crippen LogP contribution in [0, 0.1) is 12.8 Å². The molecule has 0 bridgehead atoms. The van der Waals surface area contributed by atoms with Gasteiger partial charge >= 0.3 is 0 Å². The summed E-state index contributed by atoms with van der Waals surface area (Å²) in [6.45, 7) is 7.45. The highest BCUT2D eigenvalue weighted by Crippen LogP contribution is 2.40. The first-order chi connectivity index (χ1) is 15.6. The summed E-state index contributed by atoms with van der Waals surface area (Å²) >= 11 is 0. The predicted octanol–water partition coefficient (Wildman–Crippen LogP) is 3.72. The number of hydrogen-bond acceptors (Lipinski definition) is 6. The van der Waals surface area contributed by atoms with Crippen LogP contribution in [0.4, 0.5) is 0 Å². The van der Waals surface area contributed by atoms with E-state index >= 15 is 0 Å². The molecule has 0 aromatic heterocycles. The molecule has 2 aromatic rings. The number of aryl methyl sites for hydroxylation is 1. The number of Topliss-reactive ketones (excluding diaryl/α,β-unsaturated/α-hetero) is 1. The Balaban J connectivity index is 2.06. The van der Waals surface area contributed by atoms with E-state index in [9.17, 15) is 19.8 Å². The highest BCUT2D eigenvalue weighted by Gasteiger charge is 2.45. The van der Waals surface area contributed by atoms with E-state index < -0.39 is 17.7 Å². The van der Waals surface area contributed by atoms with Crippen molar-refractivity contribution >= 4 is 17.4 Å². The van der Waals surface area contributed by atoms with Gasteiger partial charge in [-0.3, -0.25) is 9.59 Å². The van der Waals surface area contributed by atoms with Gasteiger partial charge in [0, 0.05) is 18.7 Å². The summed E-state index contributed by atoms with van der Waals surface area (Å²) in [7, 11) is 3.77. The van der Waals surface area contributed by atoms with E-state index in [1.165, 1.54) is 17.0 Å². The Kier molecular flexibility index (Phi) is 7.43. The number of carbonyl (C=O) groups excluding carboxylic acids is 2. The molecular formula is C26H32N2O5. The van der Waals surface area contributed by atoms with Gasteiger partial charge in [0.2, 0.25) is 0 Å². The van der Waals surface area contributed by atoms with Crippen molar-refractivity contribution in [1.82, 2.24) is 9.80 Å². The third-order valence-electron chi connectivity index (χ3n) is 5.56. The maximum Gasteiger partial charge on any atom is 0.295 e. The van der Waals surface area contributed by atoms with Crippen molar-refractivity contribution in [3.05, 3.63) is 64.7 Å². The van der Waals surface area contributed by atoms with Gasteiger partial charge in [-0.1, -0.05) is 26.0 Å². The van der Waals surface area contributed by atoms with Crippen LogP contribution in [0.1, 0.15) is 36.6 Å². The van der Waals surface area contributed by atoms with Crippen LogP contribution >= 0.6 is 0 Å². The molecule has 2 aromatic carbocycles. The van der Waals surface area contributed by atoms with Gasteiger partial charge < -0.3 is 24.7 Å². The molecule has 0 spiro atoms. The summed E-state index contributed by atoms with van der Waals surface area (Å²) < 4.78 is 5.81. The predicted molar refractivity (Wildman–Crippen MR) is 127 cm³/mol. The van der Waals surface area contributed by atoms with Gasteiger partial charge in [0.05, 0.1) is 18.2 Å². The number of nitrogens with zero attached hydrogens (tertiary/aromatic N) is 2. The van der Waals surface area contributed by atoms with Gasteiger partial charge in [-0.25, -0.2) is 0 Å². The Morgan fingerprint density at radius 2 is 1.79 bits per heavy atom. The smallest absolute Gasteiger partial charge is 0.295 e. The summed E-state index contributed by atoms with van der Waals surface area (Å²) in [6.07, 6.45) is 0. The minimum absolute atomic E-state index is 0.0414. The Morgan fingerprint density at radius 3 is 2.36 bits per heavy atom. The maximum absolute atomic E-state index is 13.1. The summed E-state index contributed by atoms with van der Waals surface area (Å²) in [6, 6.07) is 10.8. The number of benzene rings is 2. The molecule has 7 nitrogen and oxygen atoms in total. The second kappa shape index (κ2) is 10.1. The number of carbonyl (C=O) groups is 2. The minimum atomic E-state index is -0.747. The van der Waals surface area contributed by atoms with Crippen molar-refractivity contribution in [2.24, 2.45) is 5.92 Å². The first kappa shape index (κ1) is 24.3. The normalized spacial score (nSPS) is 17.9. The van der Waals surface area contributed by atoms with Crippen LogP contribution in [-0.4, -0.2) is 65.5 Å². The number of rotatable bonds is 8. The monoisotopic (exact) mass is 452 g/mol. The lowest BCUT2D eigenvalue weighted by Crippen LogP contribution is -2.35. The number of amides is 1. The number of ketones is 1. The standard InChI is InChI=1S/C26H32N2O5/c1-16(2)15-33-21-11-8-19(14-17(21)3)24(30)22-23(18-6-9-20(29)10-7-18)28(13-12-27(4)5)26(32)25(22)31/h6-11,14,16,23,29-30H,12-13,15H2,1-5H3/t23-/m1/s1. The molecule has 1 saturated heterocycles. The Bertz CT molecular complexity index is 1060. The zero-order chi connectivity index (χ0) is 24.3. The lowest BCUT2D eigenvalue weighted by molar-refractivity contribution is -0.140. The first-order valence-electron chi connectivity index (χ1n) is 11.1. The van der Waals surface area contributed by atoms with E-state index in [1.54, 1.807) is 30.3 Å². The molecule has 0 saturated carbocycles. The number of likely N-dealkylation sites (N-methyl/N-ethyl adjacent to an activating group) is 1. The SMILES string of the molecule is Cc1cc(C(O)=C2C(=O)C(=O)N(CCN(C)C)[C@@H]2c2ccc(O)cc2)ccc1OCC(C)C. The maximum atomic E-state index is 13.1. The van der Waals surface area contributed by atoms with E-state index in [0.717, 1.165) is 5.56 Å². The van der Waals surface area contributed by atoms with Gasteiger partial charge in [-0.2, -0.15) is 0 Å². The topological polar surface area (TPSA) is 90.3 Å². The molecule has 1 aliphatic heterocycles. The average molecular weight is 453 g/mol. The van der Waals surface area contributed by atoms with Crippen molar-refractivity contribution < 1.29 is 24.5 Å². The Morgan fingerprint density at radius 1 is 1.12 bits per heavy atom. The highest BCUT2D eigenvalue weighted by atomic mass is 16.5. The molecule has 176 valence electrons. The van der Waals surface area contributed by atoms with Crippen molar-refractivity contribution in [2.45, 2.75) is 26.8 Å². The van der Waals surface area contributed by atoms with Crippen LogP contribution < -0.4 is 4.74 Å². The zero-order valence-electron chi connectivity index (χ0n) is 19.8. The van der Waals surface area contributed by atoms with Gasteiger partial charge in [0.1, 0.15) is 17.3 Å². The van der Waals surface area contributed by atoms with Crippen LogP contribution in [0.15, 0.2) is 48.0 Å². The molecule has 0 radical (unpaired) electrons. The van der Waals surface area contributed by atoms with Crippen LogP contribution in [0.3, 0.4) is 0 Å². The third-order valence-corrected chi connectivity index (χ3v) is 5.56. The minimum Gasteiger partial charge on any atom is -0.508 e. The molecule has 1 amide bonds. The number of likely N-dealkylation sites (tertiary alicyclic amines) is 1. The molecule has 33 heavy (non-hydrogen) atoms. The molecule has 0 aliphatic carbocycles. The molecule has 3 rings (SSSR count). The van der Waals surface area contributed by atoms with Gasteiger partial charge in [0.25, 0.3) is 11.7 Å². The molecule has 1 atom stereocenters. The summed E-state index contributed by atoms with van der Waals surface area (Å²) in [5.74, 6) is -0.427. The Hall–Kier alpha value is -3.32. The Labute approximate surface area is 194 Å². The number of aliphatic hydroxyl groups excluding tert-OH is 1. The van der Waals surface area contributed by atoms with Crippen molar-refractivity contribution in [3.8, 4) is 11.5 Å². The average Bonchev–Trinajstić information content (AvgIpc) is 3.01. The van der Waals surface area contributed by atoms with E-state index in [-0.39, 0.29) is 17.1 Å². The fourth-order valence-electron chi connectivity index (χ4n) is 3.79. The highest BCUT2D eigenvalue weighted by molar-refractivity contribution is 6.46. The van der Waals surface area contributed by atoms with Crippen LogP contribution in [-0.2, 0) is 9.59 Å². The van der Waals surface area contributed by atoms with Crippen LogP contribution in [0.5, 0.6) is 11.5 Å². The van der Waals surface area contributed by atoms with Crippen LogP contribution in [0.2, 0.25) is 0 Å².